The van der Waals surface area contributed by atoms with Gasteiger partial charge in [0, 0.05) is 5.75 Å². The maximum atomic E-state index is 12.9. The van der Waals surface area contributed by atoms with Crippen LogP contribution in [0.2, 0.25) is 0 Å². The molecule has 0 amide bonds. The third kappa shape index (κ3) is 4.39. The van der Waals surface area contributed by atoms with Crippen molar-refractivity contribution in [3.8, 4) is 11.4 Å². The van der Waals surface area contributed by atoms with Crippen molar-refractivity contribution < 1.29 is 9.13 Å². The quantitative estimate of drug-likeness (QED) is 0.458. The van der Waals surface area contributed by atoms with Crippen molar-refractivity contribution in [2.45, 2.75) is 25.4 Å². The van der Waals surface area contributed by atoms with E-state index in [1.807, 2.05) is 19.1 Å². The largest absolute Gasteiger partial charge is 0.494 e. The minimum atomic E-state index is -0.256. The maximum Gasteiger partial charge on any atom is 0.195 e. The van der Waals surface area contributed by atoms with Gasteiger partial charge in [-0.25, -0.2) is 4.39 Å². The van der Waals surface area contributed by atoms with E-state index in [0.717, 1.165) is 28.8 Å². The smallest absolute Gasteiger partial charge is 0.195 e. The lowest BCUT2D eigenvalue weighted by Gasteiger charge is -2.11. The molecular weight excluding hydrogens is 337 g/mol. The molecule has 0 radical (unpaired) electrons. The highest BCUT2D eigenvalue weighted by Crippen LogP contribution is 2.24. The van der Waals surface area contributed by atoms with Crippen LogP contribution in [0.1, 0.15) is 17.8 Å². The van der Waals surface area contributed by atoms with Crippen molar-refractivity contribution >= 4 is 11.8 Å². The Bertz CT molecular complexity index is 833. The third-order valence-electron chi connectivity index (χ3n) is 3.75. The van der Waals surface area contributed by atoms with E-state index in [9.17, 15) is 4.39 Å². The van der Waals surface area contributed by atoms with Crippen LogP contribution in [0.5, 0.6) is 5.75 Å². The molecule has 0 unspecified atom stereocenters. The number of hydrogen-bond acceptors (Lipinski definition) is 4. The first-order chi connectivity index (χ1) is 12.1. The summed E-state index contributed by atoms with van der Waals surface area (Å²) in [6.07, 6.45) is 0.863. The fraction of sp³-hybridized carbons (Fsp3) is 0.263. The predicted octanol–water partition coefficient (Wildman–Crippen LogP) is 4.58. The second-order valence-corrected chi connectivity index (χ2v) is 6.72. The molecule has 0 saturated carbocycles. The molecule has 3 aromatic rings. The zero-order valence-corrected chi connectivity index (χ0v) is 15.1. The van der Waals surface area contributed by atoms with Crippen molar-refractivity contribution in [1.82, 2.24) is 14.8 Å². The van der Waals surface area contributed by atoms with Crippen molar-refractivity contribution in [2.75, 3.05) is 12.4 Å². The Morgan fingerprint density at radius 1 is 1.04 bits per heavy atom. The number of ether oxygens (including phenoxy) is 1. The van der Waals surface area contributed by atoms with Gasteiger partial charge >= 0.3 is 0 Å². The number of halogens is 1. The van der Waals surface area contributed by atoms with Crippen LogP contribution < -0.4 is 4.74 Å². The van der Waals surface area contributed by atoms with Crippen LogP contribution >= 0.6 is 11.8 Å². The molecule has 0 aliphatic rings. The Kier molecular flexibility index (Phi) is 5.71. The maximum absolute atomic E-state index is 12.9. The van der Waals surface area contributed by atoms with Crippen molar-refractivity contribution in [3.63, 3.8) is 0 Å². The third-order valence-corrected chi connectivity index (χ3v) is 4.77. The molecule has 1 heterocycles. The Labute approximate surface area is 151 Å². The van der Waals surface area contributed by atoms with Gasteiger partial charge in [0.15, 0.2) is 5.16 Å². The SMILES string of the molecule is Cc1ccccc1-n1c(C)nnc1SCCCOc1ccc(F)cc1. The normalized spacial score (nSPS) is 10.8. The highest BCUT2D eigenvalue weighted by molar-refractivity contribution is 7.99. The summed E-state index contributed by atoms with van der Waals surface area (Å²) in [6, 6.07) is 14.3. The highest BCUT2D eigenvalue weighted by atomic mass is 32.2. The van der Waals surface area contributed by atoms with E-state index in [0.29, 0.717) is 12.4 Å². The van der Waals surface area contributed by atoms with E-state index >= 15 is 0 Å². The first kappa shape index (κ1) is 17.5. The summed E-state index contributed by atoms with van der Waals surface area (Å²) in [5.74, 6) is 2.17. The fourth-order valence-corrected chi connectivity index (χ4v) is 3.37. The Morgan fingerprint density at radius 2 is 1.80 bits per heavy atom. The van der Waals surface area contributed by atoms with Gasteiger partial charge in [0.05, 0.1) is 12.3 Å². The van der Waals surface area contributed by atoms with Crippen LogP contribution in [0.3, 0.4) is 0 Å². The van der Waals surface area contributed by atoms with Gasteiger partial charge in [0.25, 0.3) is 0 Å². The Balaban J connectivity index is 1.56. The van der Waals surface area contributed by atoms with Crippen molar-refractivity contribution in [1.29, 1.82) is 0 Å². The minimum Gasteiger partial charge on any atom is -0.494 e. The first-order valence-corrected chi connectivity index (χ1v) is 9.13. The summed E-state index contributed by atoms with van der Waals surface area (Å²) < 4.78 is 20.6. The lowest BCUT2D eigenvalue weighted by Crippen LogP contribution is -2.03. The lowest BCUT2D eigenvalue weighted by molar-refractivity contribution is 0.318. The van der Waals surface area contributed by atoms with Crippen molar-refractivity contribution in [2.24, 2.45) is 0 Å². The first-order valence-electron chi connectivity index (χ1n) is 8.14. The van der Waals surface area contributed by atoms with Gasteiger partial charge in [0.1, 0.15) is 17.4 Å². The minimum absolute atomic E-state index is 0.256. The lowest BCUT2D eigenvalue weighted by atomic mass is 10.2. The Morgan fingerprint density at radius 3 is 2.56 bits per heavy atom. The molecule has 2 aromatic carbocycles. The number of benzene rings is 2. The van der Waals surface area contributed by atoms with Crippen LogP contribution in [-0.4, -0.2) is 27.1 Å². The number of hydrogen-bond donors (Lipinski definition) is 0. The molecule has 0 spiro atoms. The molecule has 0 saturated heterocycles. The van der Waals surface area contributed by atoms with E-state index in [1.165, 1.54) is 17.7 Å². The average Bonchev–Trinajstić information content (AvgIpc) is 2.97. The van der Waals surface area contributed by atoms with Gasteiger partial charge < -0.3 is 4.74 Å². The summed E-state index contributed by atoms with van der Waals surface area (Å²) >= 11 is 1.66. The summed E-state index contributed by atoms with van der Waals surface area (Å²) in [5.41, 5.74) is 2.29. The molecule has 0 bridgehead atoms. The van der Waals surface area contributed by atoms with Gasteiger partial charge in [-0.1, -0.05) is 30.0 Å². The van der Waals surface area contributed by atoms with E-state index in [4.69, 9.17) is 4.74 Å². The summed E-state index contributed by atoms with van der Waals surface area (Å²) in [4.78, 5) is 0. The topological polar surface area (TPSA) is 39.9 Å². The van der Waals surface area contributed by atoms with Crippen LogP contribution in [0, 0.1) is 19.7 Å². The molecule has 4 nitrogen and oxygen atoms in total. The standard InChI is InChI=1S/C19H20FN3OS/c1-14-6-3-4-7-18(14)23-15(2)21-22-19(23)25-13-5-12-24-17-10-8-16(20)9-11-17/h3-4,6-11H,5,12-13H2,1-2H3. The van der Waals surface area contributed by atoms with Gasteiger partial charge in [-0.2, -0.15) is 0 Å². The summed E-state index contributed by atoms with van der Waals surface area (Å²) in [6.45, 7) is 4.62. The molecule has 0 aliphatic heterocycles. The molecule has 0 N–H and O–H groups in total. The zero-order chi connectivity index (χ0) is 17.6. The molecule has 3 rings (SSSR count). The predicted molar refractivity (Wildman–Crippen MR) is 98.1 cm³/mol. The van der Waals surface area contributed by atoms with Gasteiger partial charge in [-0.05, 0) is 56.2 Å². The van der Waals surface area contributed by atoms with Crippen molar-refractivity contribution in [3.05, 3.63) is 65.7 Å². The zero-order valence-electron chi connectivity index (χ0n) is 14.3. The summed E-state index contributed by atoms with van der Waals surface area (Å²) in [7, 11) is 0. The number of aromatic nitrogens is 3. The Hall–Kier alpha value is -2.34. The van der Waals surface area contributed by atoms with Crippen LogP contribution in [-0.2, 0) is 0 Å². The molecule has 0 fully saturated rings. The molecule has 6 heteroatoms. The molecule has 0 atom stereocenters. The molecule has 25 heavy (non-hydrogen) atoms. The molecular formula is C19H20FN3OS. The van der Waals surface area contributed by atoms with Crippen LogP contribution in [0.4, 0.5) is 4.39 Å². The number of para-hydroxylation sites is 1. The molecule has 0 aliphatic carbocycles. The second-order valence-electron chi connectivity index (χ2n) is 5.66. The van der Waals surface area contributed by atoms with E-state index < -0.39 is 0 Å². The van der Waals surface area contributed by atoms with Crippen LogP contribution in [0.25, 0.3) is 5.69 Å². The average molecular weight is 357 g/mol. The number of nitrogens with zero attached hydrogens (tertiary/aromatic N) is 3. The van der Waals surface area contributed by atoms with E-state index in [-0.39, 0.29) is 5.82 Å². The van der Waals surface area contributed by atoms with Gasteiger partial charge in [-0.3, -0.25) is 4.57 Å². The van der Waals surface area contributed by atoms with Gasteiger partial charge in [0.2, 0.25) is 0 Å². The second kappa shape index (κ2) is 8.16. The number of thioether (sulfide) groups is 1. The fourth-order valence-electron chi connectivity index (χ4n) is 2.47. The number of aryl methyl sites for hydroxylation is 2. The molecule has 1 aromatic heterocycles. The monoisotopic (exact) mass is 357 g/mol. The number of rotatable bonds is 7. The highest BCUT2D eigenvalue weighted by Gasteiger charge is 2.12. The van der Waals surface area contributed by atoms with Crippen LogP contribution in [0.15, 0.2) is 53.7 Å². The van der Waals surface area contributed by atoms with E-state index in [2.05, 4.69) is 33.8 Å². The van der Waals surface area contributed by atoms with E-state index in [1.54, 1.807) is 23.9 Å². The molecule has 130 valence electrons. The van der Waals surface area contributed by atoms with Gasteiger partial charge in [-0.15, -0.1) is 10.2 Å². The summed E-state index contributed by atoms with van der Waals surface area (Å²) in [5, 5.41) is 9.39.